The second-order valence-corrected chi connectivity index (χ2v) is 5.57. The molecule has 1 saturated heterocycles. The van der Waals surface area contributed by atoms with Crippen LogP contribution in [-0.2, 0) is 4.74 Å². The first kappa shape index (κ1) is 15.0. The molecule has 20 heavy (non-hydrogen) atoms. The van der Waals surface area contributed by atoms with Crippen LogP contribution in [0.4, 0.5) is 5.82 Å². The van der Waals surface area contributed by atoms with E-state index >= 15 is 0 Å². The van der Waals surface area contributed by atoms with Crippen LogP contribution < -0.4 is 4.90 Å². The minimum Gasteiger partial charge on any atom is -0.464 e. The van der Waals surface area contributed by atoms with Crippen LogP contribution in [0.3, 0.4) is 0 Å². The van der Waals surface area contributed by atoms with Crippen molar-refractivity contribution in [1.29, 1.82) is 0 Å². The summed E-state index contributed by atoms with van der Waals surface area (Å²) in [5.41, 5.74) is 0.137. The summed E-state index contributed by atoms with van der Waals surface area (Å²) < 4.78 is 4.62. The van der Waals surface area contributed by atoms with Crippen LogP contribution in [0.5, 0.6) is 0 Å². The van der Waals surface area contributed by atoms with E-state index in [4.69, 9.17) is 11.6 Å². The normalized spacial score (nSPS) is 22.7. The van der Waals surface area contributed by atoms with Gasteiger partial charge in [0, 0.05) is 12.6 Å². The summed E-state index contributed by atoms with van der Waals surface area (Å²) >= 11 is 6.20. The number of ether oxygens (including phenoxy) is 1. The van der Waals surface area contributed by atoms with Gasteiger partial charge in [0.2, 0.25) is 0 Å². The number of carbonyl (C=O) groups excluding carboxylic acids is 1. The first-order valence-corrected chi connectivity index (χ1v) is 7.32. The average molecular weight is 298 g/mol. The van der Waals surface area contributed by atoms with E-state index in [1.165, 1.54) is 19.7 Å². The number of piperidine rings is 1. The Morgan fingerprint density at radius 2 is 2.30 bits per heavy atom. The fraction of sp³-hybridized carbons (Fsp3) is 0.643. The van der Waals surface area contributed by atoms with Gasteiger partial charge in [0.1, 0.15) is 0 Å². The molecule has 0 unspecified atom stereocenters. The maximum absolute atomic E-state index is 11.4. The molecule has 1 aliphatic heterocycles. The van der Waals surface area contributed by atoms with Gasteiger partial charge in [-0.1, -0.05) is 24.9 Å². The molecule has 2 rings (SSSR count). The van der Waals surface area contributed by atoms with Crippen LogP contribution in [0.15, 0.2) is 6.20 Å². The van der Waals surface area contributed by atoms with Crippen molar-refractivity contribution in [2.45, 2.75) is 39.2 Å². The standard InChI is InChI=1S/C14H20ClN3O2/c1-4-10-6-5-9(2)18(8-10)13-12(15)17-11(7-16-13)14(19)20-3/h7,9-10H,4-6,8H2,1-3H3/t9-,10-/m1/s1. The lowest BCUT2D eigenvalue weighted by Gasteiger charge is -2.38. The van der Waals surface area contributed by atoms with Crippen molar-refractivity contribution in [1.82, 2.24) is 9.97 Å². The van der Waals surface area contributed by atoms with Crippen LogP contribution in [0.25, 0.3) is 0 Å². The van der Waals surface area contributed by atoms with Crippen molar-refractivity contribution in [2.75, 3.05) is 18.6 Å². The lowest BCUT2D eigenvalue weighted by molar-refractivity contribution is 0.0593. The van der Waals surface area contributed by atoms with Gasteiger partial charge in [0.15, 0.2) is 16.7 Å². The highest BCUT2D eigenvalue weighted by Gasteiger charge is 2.27. The fourth-order valence-electron chi connectivity index (χ4n) is 2.57. The molecule has 0 aromatic carbocycles. The van der Waals surface area contributed by atoms with Crippen molar-refractivity contribution in [3.05, 3.63) is 17.0 Å². The monoisotopic (exact) mass is 297 g/mol. The molecular weight excluding hydrogens is 278 g/mol. The number of rotatable bonds is 3. The van der Waals surface area contributed by atoms with Crippen LogP contribution in [0.1, 0.15) is 43.6 Å². The van der Waals surface area contributed by atoms with E-state index in [0.29, 0.717) is 17.8 Å². The van der Waals surface area contributed by atoms with Gasteiger partial charge in [-0.3, -0.25) is 0 Å². The topological polar surface area (TPSA) is 55.3 Å². The largest absolute Gasteiger partial charge is 0.464 e. The Bertz CT molecular complexity index is 495. The van der Waals surface area contributed by atoms with Crippen molar-refractivity contribution in [2.24, 2.45) is 5.92 Å². The van der Waals surface area contributed by atoms with Gasteiger partial charge in [0.05, 0.1) is 13.3 Å². The second-order valence-electron chi connectivity index (χ2n) is 5.21. The smallest absolute Gasteiger partial charge is 0.358 e. The van der Waals surface area contributed by atoms with Crippen molar-refractivity contribution >= 4 is 23.4 Å². The zero-order valence-electron chi connectivity index (χ0n) is 12.1. The molecule has 0 radical (unpaired) electrons. The third-order valence-corrected chi connectivity index (χ3v) is 4.19. The van der Waals surface area contributed by atoms with E-state index in [-0.39, 0.29) is 10.8 Å². The van der Waals surface area contributed by atoms with E-state index < -0.39 is 5.97 Å². The Balaban J connectivity index is 2.25. The summed E-state index contributed by atoms with van der Waals surface area (Å²) in [5.74, 6) is 0.790. The van der Waals surface area contributed by atoms with E-state index in [0.717, 1.165) is 19.4 Å². The number of carbonyl (C=O) groups is 1. The molecule has 0 bridgehead atoms. The number of aromatic nitrogens is 2. The molecule has 110 valence electrons. The molecule has 2 atom stereocenters. The summed E-state index contributed by atoms with van der Waals surface area (Å²) in [6.07, 6.45) is 4.93. The molecule has 5 nitrogen and oxygen atoms in total. The van der Waals surface area contributed by atoms with Gasteiger partial charge < -0.3 is 9.64 Å². The third kappa shape index (κ3) is 3.03. The molecule has 2 heterocycles. The van der Waals surface area contributed by atoms with E-state index in [1.54, 1.807) is 0 Å². The lowest BCUT2D eigenvalue weighted by atomic mass is 9.91. The van der Waals surface area contributed by atoms with Gasteiger partial charge in [-0.2, -0.15) is 0 Å². The number of halogens is 1. The van der Waals surface area contributed by atoms with Gasteiger partial charge in [-0.25, -0.2) is 14.8 Å². The minimum absolute atomic E-state index is 0.137. The minimum atomic E-state index is -0.524. The number of hydrogen-bond donors (Lipinski definition) is 0. The maximum atomic E-state index is 11.4. The molecule has 1 aliphatic rings. The van der Waals surface area contributed by atoms with Gasteiger partial charge >= 0.3 is 5.97 Å². The van der Waals surface area contributed by atoms with Crippen molar-refractivity contribution in [3.63, 3.8) is 0 Å². The van der Waals surface area contributed by atoms with Crippen LogP contribution >= 0.6 is 11.6 Å². The molecule has 6 heteroatoms. The molecule has 0 amide bonds. The van der Waals surface area contributed by atoms with Crippen LogP contribution in [-0.4, -0.2) is 35.6 Å². The first-order chi connectivity index (χ1) is 9.56. The quantitative estimate of drug-likeness (QED) is 0.803. The number of hydrogen-bond acceptors (Lipinski definition) is 5. The summed E-state index contributed by atoms with van der Waals surface area (Å²) in [5, 5.41) is 0.261. The highest BCUT2D eigenvalue weighted by atomic mass is 35.5. The molecule has 0 N–H and O–H groups in total. The lowest BCUT2D eigenvalue weighted by Crippen LogP contribution is -2.42. The molecule has 1 aromatic rings. The summed E-state index contributed by atoms with van der Waals surface area (Å²) in [7, 11) is 1.31. The number of methoxy groups -OCH3 is 1. The maximum Gasteiger partial charge on any atom is 0.358 e. The van der Waals surface area contributed by atoms with Crippen molar-refractivity contribution < 1.29 is 9.53 Å². The van der Waals surface area contributed by atoms with E-state index in [1.807, 2.05) is 0 Å². The Labute approximate surface area is 124 Å². The molecule has 0 aliphatic carbocycles. The van der Waals surface area contributed by atoms with Gasteiger partial charge in [-0.15, -0.1) is 0 Å². The summed E-state index contributed by atoms with van der Waals surface area (Å²) in [6, 6.07) is 0.383. The van der Waals surface area contributed by atoms with Gasteiger partial charge in [0.25, 0.3) is 0 Å². The molecule has 1 aromatic heterocycles. The Hall–Kier alpha value is -1.36. The van der Waals surface area contributed by atoms with E-state index in [9.17, 15) is 4.79 Å². The van der Waals surface area contributed by atoms with E-state index in [2.05, 4.69) is 33.5 Å². The zero-order valence-corrected chi connectivity index (χ0v) is 12.9. The second kappa shape index (κ2) is 6.39. The fourth-order valence-corrected chi connectivity index (χ4v) is 2.81. The Morgan fingerprint density at radius 1 is 1.55 bits per heavy atom. The molecule has 1 fully saturated rings. The van der Waals surface area contributed by atoms with Crippen molar-refractivity contribution in [3.8, 4) is 0 Å². The zero-order chi connectivity index (χ0) is 14.7. The van der Waals surface area contributed by atoms with Gasteiger partial charge in [-0.05, 0) is 25.7 Å². The SMILES string of the molecule is CC[C@@H]1CC[C@@H](C)N(c2ncc(C(=O)OC)nc2Cl)C1. The Kier molecular flexibility index (Phi) is 4.81. The summed E-state index contributed by atoms with van der Waals surface area (Å²) in [6.45, 7) is 5.30. The van der Waals surface area contributed by atoms with Crippen LogP contribution in [0, 0.1) is 5.92 Å². The molecular formula is C14H20ClN3O2. The highest BCUT2D eigenvalue weighted by Crippen LogP contribution is 2.31. The van der Waals surface area contributed by atoms with Crippen LogP contribution in [0.2, 0.25) is 5.15 Å². The first-order valence-electron chi connectivity index (χ1n) is 6.94. The molecule has 0 spiro atoms. The number of nitrogens with zero attached hydrogens (tertiary/aromatic N) is 3. The predicted molar refractivity (Wildman–Crippen MR) is 78.2 cm³/mol. The third-order valence-electron chi connectivity index (χ3n) is 3.94. The highest BCUT2D eigenvalue weighted by molar-refractivity contribution is 6.31. The predicted octanol–water partition coefficient (Wildman–Crippen LogP) is 2.93. The Morgan fingerprint density at radius 3 is 2.90 bits per heavy atom. The average Bonchev–Trinajstić information content (AvgIpc) is 2.47. The molecule has 0 saturated carbocycles. The number of anilines is 1. The number of esters is 1. The summed E-state index contributed by atoms with van der Waals surface area (Å²) in [4.78, 5) is 22.0.